The summed E-state index contributed by atoms with van der Waals surface area (Å²) in [6.07, 6.45) is -2.57. The van der Waals surface area contributed by atoms with Gasteiger partial charge in [-0.3, -0.25) is 4.90 Å². The molecule has 4 nitrogen and oxygen atoms in total. The van der Waals surface area contributed by atoms with Crippen LogP contribution in [0.25, 0.3) is 0 Å². The molecule has 0 aromatic heterocycles. The van der Waals surface area contributed by atoms with Gasteiger partial charge in [0.15, 0.2) is 0 Å². The van der Waals surface area contributed by atoms with Crippen molar-refractivity contribution in [2.75, 3.05) is 26.2 Å². The first kappa shape index (κ1) is 17.6. The summed E-state index contributed by atoms with van der Waals surface area (Å²) in [5.74, 6) is 0.299. The topological polar surface area (TPSA) is 44.7 Å². The van der Waals surface area contributed by atoms with E-state index in [2.05, 4.69) is 5.32 Å². The first-order chi connectivity index (χ1) is 12.1. The number of phenolic OH excluding ortho intramolecular Hbond substituents is 1. The molecule has 0 saturated carbocycles. The Hall–Kier alpha value is -2.18. The molecule has 1 atom stereocenters. The van der Waals surface area contributed by atoms with Gasteiger partial charge < -0.3 is 15.2 Å². The maximum atomic E-state index is 13.6. The second-order valence-electron chi connectivity index (χ2n) is 6.06. The molecule has 134 valence electrons. The van der Waals surface area contributed by atoms with Crippen LogP contribution in [0.4, 0.5) is 8.78 Å². The van der Waals surface area contributed by atoms with Crippen molar-refractivity contribution in [1.82, 2.24) is 10.2 Å². The van der Waals surface area contributed by atoms with Crippen LogP contribution in [0.15, 0.2) is 48.5 Å². The van der Waals surface area contributed by atoms with Crippen LogP contribution in [0, 0.1) is 0 Å². The number of rotatable bonds is 6. The molecule has 3 rings (SSSR count). The number of hydrogen-bond donors (Lipinski definition) is 2. The van der Waals surface area contributed by atoms with E-state index in [-0.39, 0.29) is 11.3 Å². The molecule has 0 amide bonds. The first-order valence-electron chi connectivity index (χ1n) is 8.37. The molecule has 0 bridgehead atoms. The number of alkyl halides is 2. The lowest BCUT2D eigenvalue weighted by molar-refractivity contribution is 0.0170. The quantitative estimate of drug-likeness (QED) is 0.842. The smallest absolute Gasteiger partial charge is 0.258 e. The zero-order chi connectivity index (χ0) is 17.6. The highest BCUT2D eigenvalue weighted by molar-refractivity contribution is 5.42. The first-order valence-corrected chi connectivity index (χ1v) is 8.37. The van der Waals surface area contributed by atoms with Crippen molar-refractivity contribution in [2.45, 2.75) is 19.1 Å². The van der Waals surface area contributed by atoms with Crippen LogP contribution >= 0.6 is 0 Å². The Morgan fingerprint density at radius 1 is 1.08 bits per heavy atom. The van der Waals surface area contributed by atoms with E-state index in [0.29, 0.717) is 38.5 Å². The Kier molecular flexibility index (Phi) is 5.83. The molecule has 0 spiro atoms. The monoisotopic (exact) mass is 348 g/mol. The second-order valence-corrected chi connectivity index (χ2v) is 6.06. The number of aromatic hydroxyl groups is 1. The van der Waals surface area contributed by atoms with Crippen LogP contribution in [0.3, 0.4) is 0 Å². The van der Waals surface area contributed by atoms with E-state index in [9.17, 15) is 13.9 Å². The molecule has 1 fully saturated rings. The summed E-state index contributed by atoms with van der Waals surface area (Å²) in [6, 6.07) is 13.1. The van der Waals surface area contributed by atoms with Gasteiger partial charge in [-0.1, -0.05) is 30.3 Å². The van der Waals surface area contributed by atoms with Crippen molar-refractivity contribution >= 4 is 0 Å². The zero-order valence-corrected chi connectivity index (χ0v) is 13.9. The predicted molar refractivity (Wildman–Crippen MR) is 92.1 cm³/mol. The summed E-state index contributed by atoms with van der Waals surface area (Å²) in [4.78, 5) is 1.71. The standard InChI is InChI=1S/C19H22F2N2O2/c20-19(21)18(23-10-8-22-9-11-23)16-7-6-15(12-17(16)24)25-13-14-4-2-1-3-5-14/h1-7,12,18-19,22,24H,8-11,13H2/t18-/m1/s1. The summed E-state index contributed by atoms with van der Waals surface area (Å²) in [7, 11) is 0. The van der Waals surface area contributed by atoms with Crippen LogP contribution in [0.2, 0.25) is 0 Å². The normalized spacial score (nSPS) is 16.8. The molecular weight excluding hydrogens is 326 g/mol. The molecule has 25 heavy (non-hydrogen) atoms. The van der Waals surface area contributed by atoms with Crippen molar-refractivity contribution in [3.05, 3.63) is 59.7 Å². The Morgan fingerprint density at radius 2 is 1.80 bits per heavy atom. The number of nitrogens with zero attached hydrogens (tertiary/aromatic N) is 1. The minimum Gasteiger partial charge on any atom is -0.507 e. The van der Waals surface area contributed by atoms with Gasteiger partial charge in [0.05, 0.1) is 6.04 Å². The molecule has 6 heteroatoms. The number of benzene rings is 2. The minimum atomic E-state index is -2.57. The molecule has 2 aromatic rings. The zero-order valence-electron chi connectivity index (χ0n) is 13.9. The van der Waals surface area contributed by atoms with E-state index >= 15 is 0 Å². The van der Waals surface area contributed by atoms with Gasteiger partial charge in [-0.25, -0.2) is 8.78 Å². The maximum absolute atomic E-state index is 13.6. The third-order valence-electron chi connectivity index (χ3n) is 4.35. The van der Waals surface area contributed by atoms with E-state index in [1.165, 1.54) is 12.1 Å². The summed E-state index contributed by atoms with van der Waals surface area (Å²) in [5.41, 5.74) is 1.24. The van der Waals surface area contributed by atoms with Gasteiger partial charge in [0.1, 0.15) is 18.1 Å². The van der Waals surface area contributed by atoms with Crippen molar-refractivity contribution in [3.8, 4) is 11.5 Å². The Bertz CT molecular complexity index is 676. The van der Waals surface area contributed by atoms with Crippen molar-refractivity contribution in [3.63, 3.8) is 0 Å². The average molecular weight is 348 g/mol. The van der Waals surface area contributed by atoms with E-state index < -0.39 is 12.5 Å². The van der Waals surface area contributed by atoms with Crippen LogP contribution in [0.5, 0.6) is 11.5 Å². The Balaban J connectivity index is 1.73. The SMILES string of the molecule is Oc1cc(OCc2ccccc2)ccc1[C@H](C(F)F)N1CCNCC1. The van der Waals surface area contributed by atoms with Gasteiger partial charge in [-0.2, -0.15) is 0 Å². The molecule has 0 radical (unpaired) electrons. The fourth-order valence-electron chi connectivity index (χ4n) is 3.06. The summed E-state index contributed by atoms with van der Waals surface area (Å²) in [5, 5.41) is 13.4. The van der Waals surface area contributed by atoms with Crippen LogP contribution in [-0.2, 0) is 6.61 Å². The number of phenols is 1. The van der Waals surface area contributed by atoms with Crippen molar-refractivity contribution < 1.29 is 18.6 Å². The predicted octanol–water partition coefficient (Wildman–Crippen LogP) is 3.18. The molecule has 0 aliphatic carbocycles. The number of hydrogen-bond acceptors (Lipinski definition) is 4. The largest absolute Gasteiger partial charge is 0.507 e. The number of ether oxygens (including phenoxy) is 1. The molecule has 2 aromatic carbocycles. The van der Waals surface area contributed by atoms with Crippen LogP contribution in [-0.4, -0.2) is 42.6 Å². The van der Waals surface area contributed by atoms with E-state index in [0.717, 1.165) is 5.56 Å². The molecule has 2 N–H and O–H groups in total. The van der Waals surface area contributed by atoms with Crippen molar-refractivity contribution in [1.29, 1.82) is 0 Å². The Morgan fingerprint density at radius 3 is 2.44 bits per heavy atom. The van der Waals surface area contributed by atoms with Gasteiger partial charge in [0.2, 0.25) is 0 Å². The lowest BCUT2D eigenvalue weighted by atomic mass is 10.0. The summed E-state index contributed by atoms with van der Waals surface area (Å²) in [6.45, 7) is 2.75. The number of piperazine rings is 1. The lowest BCUT2D eigenvalue weighted by Crippen LogP contribution is -2.46. The molecule has 0 unspecified atom stereocenters. The molecule has 1 aliphatic heterocycles. The highest BCUT2D eigenvalue weighted by Crippen LogP contribution is 2.35. The van der Waals surface area contributed by atoms with Gasteiger partial charge in [0.25, 0.3) is 6.43 Å². The molecular formula is C19H22F2N2O2. The third kappa shape index (κ3) is 4.46. The van der Waals surface area contributed by atoms with Gasteiger partial charge in [-0.15, -0.1) is 0 Å². The highest BCUT2D eigenvalue weighted by atomic mass is 19.3. The van der Waals surface area contributed by atoms with E-state index in [1.807, 2.05) is 30.3 Å². The van der Waals surface area contributed by atoms with Crippen LogP contribution in [0.1, 0.15) is 17.2 Å². The van der Waals surface area contributed by atoms with Gasteiger partial charge in [-0.05, 0) is 17.7 Å². The second kappa shape index (κ2) is 8.27. The minimum absolute atomic E-state index is 0.158. The third-order valence-corrected chi connectivity index (χ3v) is 4.35. The summed E-state index contributed by atoms with van der Waals surface area (Å²) >= 11 is 0. The maximum Gasteiger partial charge on any atom is 0.258 e. The molecule has 1 heterocycles. The number of halogens is 2. The Labute approximate surface area is 146 Å². The van der Waals surface area contributed by atoms with E-state index in [4.69, 9.17) is 4.74 Å². The van der Waals surface area contributed by atoms with Crippen LogP contribution < -0.4 is 10.1 Å². The summed E-state index contributed by atoms with van der Waals surface area (Å²) < 4.78 is 32.9. The van der Waals surface area contributed by atoms with Gasteiger partial charge in [0, 0.05) is 37.8 Å². The molecule has 1 saturated heterocycles. The fraction of sp³-hybridized carbons (Fsp3) is 0.368. The van der Waals surface area contributed by atoms with Gasteiger partial charge >= 0.3 is 0 Å². The fourth-order valence-corrected chi connectivity index (χ4v) is 3.06. The average Bonchev–Trinajstić information content (AvgIpc) is 2.63. The number of nitrogens with one attached hydrogen (secondary N) is 1. The van der Waals surface area contributed by atoms with Crippen molar-refractivity contribution in [2.24, 2.45) is 0 Å². The molecule has 1 aliphatic rings. The lowest BCUT2D eigenvalue weighted by Gasteiger charge is -2.34. The highest BCUT2D eigenvalue weighted by Gasteiger charge is 2.32. The van der Waals surface area contributed by atoms with E-state index in [1.54, 1.807) is 11.0 Å².